The minimum Gasteiger partial charge on any atom is -0.347 e. The van der Waals surface area contributed by atoms with E-state index in [0.29, 0.717) is 19.4 Å². The number of nitrogens with zero attached hydrogens (tertiary/aromatic N) is 1. The highest BCUT2D eigenvalue weighted by Crippen LogP contribution is 2.35. The Morgan fingerprint density at radius 3 is 2.26 bits per heavy atom. The second-order valence-corrected chi connectivity index (χ2v) is 7.37. The summed E-state index contributed by atoms with van der Waals surface area (Å²) in [4.78, 5) is 39.1. The Morgan fingerprint density at radius 2 is 1.70 bits per heavy atom. The van der Waals surface area contributed by atoms with Crippen molar-refractivity contribution in [3.05, 3.63) is 29.8 Å². The quantitative estimate of drug-likeness (QED) is 0.771. The molecule has 3 amide bonds. The van der Waals surface area contributed by atoms with Gasteiger partial charge in [0.25, 0.3) is 0 Å². The van der Waals surface area contributed by atoms with Crippen LogP contribution in [0.3, 0.4) is 0 Å². The molecule has 1 aliphatic rings. The normalized spacial score (nSPS) is 15.7. The molecule has 6 nitrogen and oxygen atoms in total. The fourth-order valence-corrected chi connectivity index (χ4v) is 3.74. The molecule has 0 atom stereocenters. The summed E-state index contributed by atoms with van der Waals surface area (Å²) in [5, 5.41) is 5.59. The van der Waals surface area contributed by atoms with Crippen molar-refractivity contribution in [2.24, 2.45) is 0 Å². The van der Waals surface area contributed by atoms with Crippen molar-refractivity contribution in [2.75, 3.05) is 18.4 Å². The van der Waals surface area contributed by atoms with Gasteiger partial charge in [-0.25, -0.2) is 0 Å². The molecule has 1 fully saturated rings. The monoisotopic (exact) mass is 373 g/mol. The van der Waals surface area contributed by atoms with E-state index >= 15 is 0 Å². The third-order valence-electron chi connectivity index (χ3n) is 5.17. The van der Waals surface area contributed by atoms with E-state index in [1.54, 1.807) is 4.90 Å². The summed E-state index contributed by atoms with van der Waals surface area (Å²) in [6.07, 6.45) is 4.95. The second kappa shape index (κ2) is 9.53. The van der Waals surface area contributed by atoms with Crippen LogP contribution in [0, 0.1) is 6.92 Å². The molecule has 0 unspecified atom stereocenters. The molecular weight excluding hydrogens is 342 g/mol. The fraction of sp³-hybridized carbons (Fsp3) is 0.571. The Labute approximate surface area is 161 Å². The number of hydrogen-bond acceptors (Lipinski definition) is 3. The molecule has 0 bridgehead atoms. The number of anilines is 1. The van der Waals surface area contributed by atoms with Crippen LogP contribution in [0.4, 0.5) is 5.69 Å². The van der Waals surface area contributed by atoms with Gasteiger partial charge in [0.1, 0.15) is 5.54 Å². The highest BCUT2D eigenvalue weighted by Gasteiger charge is 2.46. The van der Waals surface area contributed by atoms with E-state index in [4.69, 9.17) is 0 Å². The minimum absolute atomic E-state index is 0.0745. The zero-order valence-corrected chi connectivity index (χ0v) is 16.6. The van der Waals surface area contributed by atoms with Gasteiger partial charge in [0, 0.05) is 19.2 Å². The molecule has 1 aromatic carbocycles. The van der Waals surface area contributed by atoms with Crippen LogP contribution in [0.1, 0.15) is 57.9 Å². The number of carbonyl (C=O) groups excluding carboxylic acids is 3. The fourth-order valence-electron chi connectivity index (χ4n) is 3.74. The van der Waals surface area contributed by atoms with Gasteiger partial charge in [0.05, 0.1) is 6.54 Å². The molecule has 0 aromatic heterocycles. The van der Waals surface area contributed by atoms with Crippen LogP contribution in [0.2, 0.25) is 0 Å². The summed E-state index contributed by atoms with van der Waals surface area (Å²) in [5.41, 5.74) is 1.01. The average Bonchev–Trinajstić information content (AvgIpc) is 2.66. The predicted molar refractivity (Wildman–Crippen MR) is 106 cm³/mol. The number of rotatable bonds is 7. The van der Waals surface area contributed by atoms with Crippen molar-refractivity contribution in [1.29, 1.82) is 0 Å². The second-order valence-electron chi connectivity index (χ2n) is 7.37. The Balaban J connectivity index is 2.27. The smallest absolute Gasteiger partial charge is 0.250 e. The van der Waals surface area contributed by atoms with Gasteiger partial charge >= 0.3 is 0 Å². The Kier molecular flexibility index (Phi) is 7.39. The predicted octanol–water partition coefficient (Wildman–Crippen LogP) is 3.01. The van der Waals surface area contributed by atoms with E-state index in [0.717, 1.165) is 36.9 Å². The van der Waals surface area contributed by atoms with Gasteiger partial charge in [-0.1, -0.05) is 43.9 Å². The molecule has 1 aromatic rings. The minimum atomic E-state index is -0.852. The third-order valence-corrected chi connectivity index (χ3v) is 5.17. The van der Waals surface area contributed by atoms with Crippen molar-refractivity contribution >= 4 is 23.4 Å². The molecule has 2 rings (SSSR count). The number of benzene rings is 1. The van der Waals surface area contributed by atoms with Gasteiger partial charge in [0.15, 0.2) is 0 Å². The van der Waals surface area contributed by atoms with Crippen LogP contribution in [-0.4, -0.2) is 41.2 Å². The van der Waals surface area contributed by atoms with Crippen molar-refractivity contribution in [3.8, 4) is 0 Å². The summed E-state index contributed by atoms with van der Waals surface area (Å²) < 4.78 is 0. The first-order valence-corrected chi connectivity index (χ1v) is 9.82. The van der Waals surface area contributed by atoms with Crippen LogP contribution >= 0.6 is 0 Å². The number of aryl methyl sites for hydroxylation is 1. The van der Waals surface area contributed by atoms with Crippen molar-refractivity contribution in [2.45, 2.75) is 64.8 Å². The van der Waals surface area contributed by atoms with Crippen LogP contribution < -0.4 is 10.6 Å². The highest BCUT2D eigenvalue weighted by molar-refractivity contribution is 6.01. The van der Waals surface area contributed by atoms with Gasteiger partial charge in [0.2, 0.25) is 17.7 Å². The van der Waals surface area contributed by atoms with Gasteiger partial charge in [-0.2, -0.15) is 0 Å². The van der Waals surface area contributed by atoms with Gasteiger partial charge < -0.3 is 15.5 Å². The van der Waals surface area contributed by atoms with Gasteiger partial charge in [-0.15, -0.1) is 0 Å². The first-order valence-electron chi connectivity index (χ1n) is 9.82. The zero-order valence-electron chi connectivity index (χ0n) is 16.6. The Bertz CT molecular complexity index is 664. The topological polar surface area (TPSA) is 78.5 Å². The van der Waals surface area contributed by atoms with E-state index in [-0.39, 0.29) is 24.3 Å². The lowest BCUT2D eigenvalue weighted by Gasteiger charge is -2.45. The molecule has 0 spiro atoms. The van der Waals surface area contributed by atoms with E-state index in [9.17, 15) is 14.4 Å². The van der Waals surface area contributed by atoms with E-state index in [1.807, 2.05) is 38.1 Å². The summed E-state index contributed by atoms with van der Waals surface area (Å²) in [6, 6.07) is 7.67. The van der Waals surface area contributed by atoms with Gasteiger partial charge in [-0.3, -0.25) is 14.4 Å². The first-order chi connectivity index (χ1) is 12.9. The molecule has 0 aliphatic heterocycles. The summed E-state index contributed by atoms with van der Waals surface area (Å²) in [6.45, 7) is 5.80. The van der Waals surface area contributed by atoms with Crippen molar-refractivity contribution in [3.63, 3.8) is 0 Å². The molecule has 1 saturated carbocycles. The number of nitrogens with one attached hydrogen (secondary N) is 2. The SMILES string of the molecule is CCCN(C(=O)CNC(C)=O)C1(C(=O)Nc2ccc(C)cc2)CCCCC1. The number of hydrogen-bond donors (Lipinski definition) is 2. The number of carbonyl (C=O) groups is 3. The van der Waals surface area contributed by atoms with Gasteiger partial charge in [-0.05, 0) is 38.3 Å². The lowest BCUT2D eigenvalue weighted by molar-refractivity contribution is -0.147. The molecule has 0 saturated heterocycles. The summed E-state index contributed by atoms with van der Waals surface area (Å²) >= 11 is 0. The molecular formula is C21H31N3O3. The van der Waals surface area contributed by atoms with Crippen LogP contribution in [0.25, 0.3) is 0 Å². The Morgan fingerprint density at radius 1 is 1.07 bits per heavy atom. The van der Waals surface area contributed by atoms with E-state index in [1.165, 1.54) is 6.92 Å². The Hall–Kier alpha value is -2.37. The standard InChI is InChI=1S/C21H31N3O3/c1-4-14-24(19(26)15-22-17(3)25)21(12-6-5-7-13-21)20(27)23-18-10-8-16(2)9-11-18/h8-11H,4-7,12-15H2,1-3H3,(H,22,25)(H,23,27). The summed E-state index contributed by atoms with van der Waals surface area (Å²) in [5.74, 6) is -0.578. The molecule has 6 heteroatoms. The maximum absolute atomic E-state index is 13.3. The van der Waals surface area contributed by atoms with E-state index < -0.39 is 5.54 Å². The zero-order chi connectivity index (χ0) is 19.9. The average molecular weight is 373 g/mol. The van der Waals surface area contributed by atoms with Crippen molar-refractivity contribution < 1.29 is 14.4 Å². The molecule has 0 heterocycles. The number of amides is 3. The first kappa shape index (κ1) is 20.9. The van der Waals surface area contributed by atoms with Crippen LogP contribution in [0.15, 0.2) is 24.3 Å². The lowest BCUT2D eigenvalue weighted by Crippen LogP contribution is -2.61. The highest BCUT2D eigenvalue weighted by atomic mass is 16.2. The van der Waals surface area contributed by atoms with Crippen LogP contribution in [0.5, 0.6) is 0 Å². The third kappa shape index (κ3) is 5.31. The molecule has 1 aliphatic carbocycles. The van der Waals surface area contributed by atoms with E-state index in [2.05, 4.69) is 10.6 Å². The lowest BCUT2D eigenvalue weighted by atomic mass is 9.79. The maximum atomic E-state index is 13.3. The summed E-state index contributed by atoms with van der Waals surface area (Å²) in [7, 11) is 0. The van der Waals surface area contributed by atoms with Crippen LogP contribution in [-0.2, 0) is 14.4 Å². The maximum Gasteiger partial charge on any atom is 0.250 e. The van der Waals surface area contributed by atoms with Crippen molar-refractivity contribution in [1.82, 2.24) is 10.2 Å². The molecule has 148 valence electrons. The largest absolute Gasteiger partial charge is 0.347 e. The molecule has 2 N–H and O–H groups in total. The molecule has 27 heavy (non-hydrogen) atoms. The molecule has 0 radical (unpaired) electrons.